The predicted molar refractivity (Wildman–Crippen MR) is 100 cm³/mol. The molecule has 138 valence electrons. The van der Waals surface area contributed by atoms with E-state index in [0.717, 1.165) is 22.7 Å². The van der Waals surface area contributed by atoms with Gasteiger partial charge in [0.15, 0.2) is 5.76 Å². The second-order valence-corrected chi connectivity index (χ2v) is 6.96. The van der Waals surface area contributed by atoms with Crippen molar-refractivity contribution in [1.29, 1.82) is 0 Å². The fourth-order valence-corrected chi connectivity index (χ4v) is 3.62. The van der Waals surface area contributed by atoms with Crippen molar-refractivity contribution < 1.29 is 13.9 Å². The van der Waals surface area contributed by atoms with E-state index in [0.29, 0.717) is 21.7 Å². The number of thiophene rings is 1. The Kier molecular flexibility index (Phi) is 4.04. The molecule has 4 aromatic rings. The van der Waals surface area contributed by atoms with Crippen LogP contribution in [0.4, 0.5) is 5.69 Å². The molecule has 0 aliphatic rings. The maximum absolute atomic E-state index is 11.7. The van der Waals surface area contributed by atoms with Crippen LogP contribution in [-0.4, -0.2) is 25.7 Å². The summed E-state index contributed by atoms with van der Waals surface area (Å²) in [6.07, 6.45) is 3.54. The number of amides is 1. The van der Waals surface area contributed by atoms with E-state index < -0.39 is 5.91 Å². The van der Waals surface area contributed by atoms with E-state index in [1.807, 2.05) is 26.2 Å². The summed E-state index contributed by atoms with van der Waals surface area (Å²) in [7, 11) is 1.82. The lowest BCUT2D eigenvalue weighted by molar-refractivity contribution is 0.100. The minimum atomic E-state index is -0.616. The van der Waals surface area contributed by atoms with Crippen LogP contribution in [0.25, 0.3) is 21.7 Å². The van der Waals surface area contributed by atoms with Gasteiger partial charge < -0.3 is 20.6 Å². The second kappa shape index (κ2) is 6.40. The minimum Gasteiger partial charge on any atom is -0.460 e. The van der Waals surface area contributed by atoms with Gasteiger partial charge in [0.2, 0.25) is 0 Å². The van der Waals surface area contributed by atoms with E-state index in [1.54, 1.807) is 16.9 Å². The highest BCUT2D eigenvalue weighted by molar-refractivity contribution is 7.21. The summed E-state index contributed by atoms with van der Waals surface area (Å²) in [5.41, 5.74) is 13.1. The molecule has 0 aromatic carbocycles. The molecule has 0 fully saturated rings. The Morgan fingerprint density at radius 2 is 2.19 bits per heavy atom. The van der Waals surface area contributed by atoms with Crippen LogP contribution in [0.1, 0.15) is 21.0 Å². The molecule has 1 amide bonds. The van der Waals surface area contributed by atoms with E-state index in [4.69, 9.17) is 20.6 Å². The number of nitrogen functional groups attached to an aromatic ring is 1. The number of aryl methyl sites for hydroxylation is 2. The van der Waals surface area contributed by atoms with Crippen LogP contribution in [0, 0.1) is 6.92 Å². The molecule has 0 saturated carbocycles. The molecule has 0 aliphatic carbocycles. The molecule has 0 unspecified atom stereocenters. The van der Waals surface area contributed by atoms with Crippen LogP contribution in [0.15, 0.2) is 28.9 Å². The Labute approximate surface area is 157 Å². The number of aromatic nitrogens is 4. The van der Waals surface area contributed by atoms with Crippen molar-refractivity contribution in [3.63, 3.8) is 0 Å². The third-order valence-electron chi connectivity index (χ3n) is 3.89. The van der Waals surface area contributed by atoms with Crippen molar-refractivity contribution in [3.8, 4) is 17.5 Å². The molecule has 0 aliphatic heterocycles. The van der Waals surface area contributed by atoms with Crippen molar-refractivity contribution in [2.24, 2.45) is 12.8 Å². The van der Waals surface area contributed by atoms with E-state index in [-0.39, 0.29) is 23.2 Å². The van der Waals surface area contributed by atoms with Gasteiger partial charge in [-0.25, -0.2) is 0 Å². The molecule has 10 heteroatoms. The third-order valence-corrected chi connectivity index (χ3v) is 5.01. The van der Waals surface area contributed by atoms with Crippen molar-refractivity contribution >= 4 is 33.1 Å². The van der Waals surface area contributed by atoms with Gasteiger partial charge in [-0.1, -0.05) is 0 Å². The highest BCUT2D eigenvalue weighted by Gasteiger charge is 2.22. The van der Waals surface area contributed by atoms with Crippen LogP contribution in [0.5, 0.6) is 6.01 Å². The predicted octanol–water partition coefficient (Wildman–Crippen LogP) is 2.25. The zero-order valence-electron chi connectivity index (χ0n) is 14.6. The molecule has 4 rings (SSSR count). The summed E-state index contributed by atoms with van der Waals surface area (Å²) in [5.74, 6) is 0.611. The van der Waals surface area contributed by atoms with Gasteiger partial charge in [-0.15, -0.1) is 11.3 Å². The number of hydrogen-bond donors (Lipinski definition) is 2. The summed E-state index contributed by atoms with van der Waals surface area (Å²) in [4.78, 5) is 21.3. The molecule has 0 saturated heterocycles. The van der Waals surface area contributed by atoms with Crippen LogP contribution >= 0.6 is 11.3 Å². The standard InChI is InChI=1S/C17H16N6O3S/c1-8-3-4-10(26-8)13-11-12(18)14(15(19)24)27-16(11)22-17(21-13)25-7-9-5-20-23(2)6-9/h3-6H,7,18H2,1-2H3,(H2,19,24). The SMILES string of the molecule is Cc1ccc(-c2nc(OCc3cnn(C)c3)nc3sc(C(N)=O)c(N)c23)o1. The quantitative estimate of drug-likeness (QED) is 0.538. The first-order chi connectivity index (χ1) is 12.9. The number of anilines is 1. The Hall–Kier alpha value is -3.40. The molecular weight excluding hydrogens is 368 g/mol. The summed E-state index contributed by atoms with van der Waals surface area (Å²) < 4.78 is 13.1. The third kappa shape index (κ3) is 3.10. The Balaban J connectivity index is 1.82. The second-order valence-electron chi connectivity index (χ2n) is 5.97. The minimum absolute atomic E-state index is 0.146. The number of fused-ring (bicyclic) bond motifs is 1. The number of carbonyl (C=O) groups is 1. The number of hydrogen-bond acceptors (Lipinski definition) is 8. The van der Waals surface area contributed by atoms with Crippen molar-refractivity contribution in [2.75, 3.05) is 5.73 Å². The van der Waals surface area contributed by atoms with Crippen LogP contribution in [0.2, 0.25) is 0 Å². The summed E-state index contributed by atoms with van der Waals surface area (Å²) in [5, 5.41) is 4.62. The maximum Gasteiger partial charge on any atom is 0.318 e. The van der Waals surface area contributed by atoms with Gasteiger partial charge >= 0.3 is 6.01 Å². The molecule has 4 N–H and O–H groups in total. The number of carbonyl (C=O) groups excluding carboxylic acids is 1. The van der Waals surface area contributed by atoms with Gasteiger partial charge in [-0.3, -0.25) is 9.48 Å². The van der Waals surface area contributed by atoms with Gasteiger partial charge in [0, 0.05) is 18.8 Å². The smallest absolute Gasteiger partial charge is 0.318 e. The Morgan fingerprint density at radius 3 is 2.81 bits per heavy atom. The highest BCUT2D eigenvalue weighted by atomic mass is 32.1. The summed E-state index contributed by atoms with van der Waals surface area (Å²) in [6, 6.07) is 3.74. The Bertz CT molecular complexity index is 1160. The average Bonchev–Trinajstić information content (AvgIpc) is 3.32. The summed E-state index contributed by atoms with van der Waals surface area (Å²) >= 11 is 1.10. The molecule has 0 bridgehead atoms. The van der Waals surface area contributed by atoms with E-state index in [2.05, 4.69) is 15.1 Å². The van der Waals surface area contributed by atoms with E-state index in [9.17, 15) is 4.79 Å². The topological polar surface area (TPSA) is 135 Å². The van der Waals surface area contributed by atoms with E-state index >= 15 is 0 Å². The van der Waals surface area contributed by atoms with Crippen LogP contribution in [-0.2, 0) is 13.7 Å². The molecule has 4 aromatic heterocycles. The van der Waals surface area contributed by atoms with Gasteiger partial charge in [0.25, 0.3) is 5.91 Å². The van der Waals surface area contributed by atoms with Gasteiger partial charge in [-0.05, 0) is 19.1 Å². The van der Waals surface area contributed by atoms with Gasteiger partial charge in [0.05, 0.1) is 17.3 Å². The molecular formula is C17H16N6O3S. The fraction of sp³-hybridized carbons (Fsp3) is 0.176. The first kappa shape index (κ1) is 17.0. The molecule has 0 atom stereocenters. The average molecular weight is 384 g/mol. The van der Waals surface area contributed by atoms with E-state index in [1.165, 1.54) is 0 Å². The molecule has 0 radical (unpaired) electrons. The number of ether oxygens (including phenoxy) is 1. The zero-order valence-corrected chi connectivity index (χ0v) is 15.4. The molecule has 27 heavy (non-hydrogen) atoms. The first-order valence-electron chi connectivity index (χ1n) is 7.99. The molecule has 4 heterocycles. The van der Waals surface area contributed by atoms with Gasteiger partial charge in [-0.2, -0.15) is 15.1 Å². The maximum atomic E-state index is 11.7. The number of furan rings is 1. The fourth-order valence-electron chi connectivity index (χ4n) is 2.68. The first-order valence-corrected chi connectivity index (χ1v) is 8.81. The lowest BCUT2D eigenvalue weighted by atomic mass is 10.2. The highest BCUT2D eigenvalue weighted by Crippen LogP contribution is 2.39. The number of nitrogens with two attached hydrogens (primary N) is 2. The van der Waals surface area contributed by atoms with Crippen LogP contribution < -0.4 is 16.2 Å². The van der Waals surface area contributed by atoms with Crippen molar-refractivity contribution in [1.82, 2.24) is 19.7 Å². The number of nitrogens with zero attached hydrogens (tertiary/aromatic N) is 4. The normalized spacial score (nSPS) is 11.2. The largest absolute Gasteiger partial charge is 0.460 e. The summed E-state index contributed by atoms with van der Waals surface area (Å²) in [6.45, 7) is 2.08. The monoisotopic (exact) mass is 384 g/mol. The molecule has 9 nitrogen and oxygen atoms in total. The zero-order chi connectivity index (χ0) is 19.1. The lowest BCUT2D eigenvalue weighted by Gasteiger charge is -2.06. The van der Waals surface area contributed by atoms with Crippen molar-refractivity contribution in [3.05, 3.63) is 40.7 Å². The van der Waals surface area contributed by atoms with Crippen LogP contribution in [0.3, 0.4) is 0 Å². The number of rotatable bonds is 5. The lowest BCUT2D eigenvalue weighted by Crippen LogP contribution is -2.10. The molecule has 0 spiro atoms. The van der Waals surface area contributed by atoms with Gasteiger partial charge in [0.1, 0.15) is 27.8 Å². The Morgan fingerprint density at radius 1 is 1.37 bits per heavy atom. The number of primary amides is 1. The van der Waals surface area contributed by atoms with Crippen molar-refractivity contribution in [2.45, 2.75) is 13.5 Å².